The van der Waals surface area contributed by atoms with Gasteiger partial charge in [-0.05, 0) is 37.1 Å². The molecule has 5 nitrogen and oxygen atoms in total. The number of piperazine rings is 1. The fourth-order valence-electron chi connectivity index (χ4n) is 3.12. The van der Waals surface area contributed by atoms with Crippen LogP contribution in [0.3, 0.4) is 0 Å². The summed E-state index contributed by atoms with van der Waals surface area (Å²) in [6, 6.07) is 7.96. The lowest BCUT2D eigenvalue weighted by atomic mass is 10.0. The Kier molecular flexibility index (Phi) is 6.85. The first-order valence-electron chi connectivity index (χ1n) is 9.40. The summed E-state index contributed by atoms with van der Waals surface area (Å²) in [6.45, 7) is 11.2. The predicted molar refractivity (Wildman–Crippen MR) is 103 cm³/mol. The average Bonchev–Trinajstić information content (AvgIpc) is 2.63. The molecule has 1 saturated heterocycles. The van der Waals surface area contributed by atoms with E-state index in [9.17, 15) is 9.59 Å². The molecular formula is C20H31N3O2. The van der Waals surface area contributed by atoms with E-state index in [0.717, 1.165) is 50.4 Å². The largest absolute Gasteiger partial charge is 0.368 e. The van der Waals surface area contributed by atoms with Crippen molar-refractivity contribution in [2.45, 2.75) is 40.5 Å². The van der Waals surface area contributed by atoms with Crippen LogP contribution in [0.5, 0.6) is 0 Å². The quantitative estimate of drug-likeness (QED) is 0.860. The van der Waals surface area contributed by atoms with Gasteiger partial charge in [-0.3, -0.25) is 9.59 Å². The zero-order valence-electron chi connectivity index (χ0n) is 15.9. The lowest BCUT2D eigenvalue weighted by Gasteiger charge is -2.37. The summed E-state index contributed by atoms with van der Waals surface area (Å²) in [6.07, 6.45) is 1.83. The number of amides is 2. The molecule has 0 aromatic heterocycles. The molecule has 0 radical (unpaired) electrons. The third-order valence-electron chi connectivity index (χ3n) is 4.95. The molecule has 0 spiro atoms. The van der Waals surface area contributed by atoms with Crippen LogP contribution in [0.2, 0.25) is 0 Å². The minimum atomic E-state index is -0.0274. The highest BCUT2D eigenvalue weighted by Crippen LogP contribution is 2.21. The monoisotopic (exact) mass is 345 g/mol. The van der Waals surface area contributed by atoms with Crippen LogP contribution in [0.1, 0.15) is 40.5 Å². The molecule has 1 heterocycles. The number of hydrogen-bond donors (Lipinski definition) is 1. The van der Waals surface area contributed by atoms with Crippen LogP contribution in [-0.2, 0) is 9.59 Å². The predicted octanol–water partition coefficient (Wildman–Crippen LogP) is 3.37. The molecule has 1 aliphatic rings. The summed E-state index contributed by atoms with van der Waals surface area (Å²) in [4.78, 5) is 28.5. The van der Waals surface area contributed by atoms with Crippen molar-refractivity contribution in [2.24, 2.45) is 11.8 Å². The molecule has 0 saturated carbocycles. The van der Waals surface area contributed by atoms with Gasteiger partial charge in [-0.25, -0.2) is 0 Å². The Bertz CT molecular complexity index is 571. The van der Waals surface area contributed by atoms with Crippen LogP contribution < -0.4 is 10.2 Å². The Morgan fingerprint density at radius 3 is 2.04 bits per heavy atom. The molecule has 1 aliphatic heterocycles. The van der Waals surface area contributed by atoms with Gasteiger partial charge in [0, 0.05) is 49.4 Å². The van der Waals surface area contributed by atoms with Crippen molar-refractivity contribution in [3.05, 3.63) is 24.3 Å². The third-order valence-corrected chi connectivity index (χ3v) is 4.95. The second-order valence-corrected chi connectivity index (χ2v) is 7.02. The first-order valence-corrected chi connectivity index (χ1v) is 9.40. The highest BCUT2D eigenvalue weighted by atomic mass is 16.2. The molecule has 1 aromatic carbocycles. The molecule has 2 rings (SSSR count). The maximum Gasteiger partial charge on any atom is 0.226 e. The molecule has 0 aliphatic carbocycles. The van der Waals surface area contributed by atoms with Crippen molar-refractivity contribution in [3.63, 3.8) is 0 Å². The molecule has 1 fully saturated rings. The maximum absolute atomic E-state index is 12.5. The maximum atomic E-state index is 12.5. The number of carbonyl (C=O) groups excluding carboxylic acids is 2. The van der Waals surface area contributed by atoms with Gasteiger partial charge in [0.2, 0.25) is 11.8 Å². The van der Waals surface area contributed by atoms with Crippen molar-refractivity contribution in [1.82, 2.24) is 4.90 Å². The first kappa shape index (κ1) is 19.3. The van der Waals surface area contributed by atoms with E-state index >= 15 is 0 Å². The number of nitrogens with one attached hydrogen (secondary N) is 1. The second kappa shape index (κ2) is 8.88. The van der Waals surface area contributed by atoms with Gasteiger partial charge in [0.25, 0.3) is 0 Å². The standard InChI is InChI=1S/C20H31N3O2/c1-5-16(6-2)20(25)23-13-11-22(12-14-23)18-9-7-17(8-10-18)21-19(24)15(3)4/h7-10,15-16H,5-6,11-14H2,1-4H3,(H,21,24). The number of rotatable bonds is 6. The zero-order chi connectivity index (χ0) is 18.4. The van der Waals surface area contributed by atoms with E-state index in [1.807, 2.05) is 43.0 Å². The molecule has 1 N–H and O–H groups in total. The van der Waals surface area contributed by atoms with Crippen molar-refractivity contribution in [3.8, 4) is 0 Å². The summed E-state index contributed by atoms with van der Waals surface area (Å²) >= 11 is 0. The van der Waals surface area contributed by atoms with Gasteiger partial charge in [-0.1, -0.05) is 27.7 Å². The Morgan fingerprint density at radius 1 is 1.00 bits per heavy atom. The van der Waals surface area contributed by atoms with E-state index in [1.54, 1.807) is 0 Å². The van der Waals surface area contributed by atoms with Gasteiger partial charge in [0.1, 0.15) is 0 Å². The Balaban J connectivity index is 1.90. The van der Waals surface area contributed by atoms with E-state index in [0.29, 0.717) is 5.91 Å². The Labute approximate surface area is 151 Å². The summed E-state index contributed by atoms with van der Waals surface area (Å²) in [7, 11) is 0. The number of anilines is 2. The molecule has 0 bridgehead atoms. The highest BCUT2D eigenvalue weighted by molar-refractivity contribution is 5.92. The van der Waals surface area contributed by atoms with Crippen LogP contribution in [0.15, 0.2) is 24.3 Å². The van der Waals surface area contributed by atoms with Gasteiger partial charge in [-0.15, -0.1) is 0 Å². The summed E-state index contributed by atoms with van der Waals surface area (Å²) in [5, 5.41) is 2.91. The van der Waals surface area contributed by atoms with Gasteiger partial charge in [0.05, 0.1) is 0 Å². The number of nitrogens with zero attached hydrogens (tertiary/aromatic N) is 2. The van der Waals surface area contributed by atoms with E-state index in [4.69, 9.17) is 0 Å². The van der Waals surface area contributed by atoms with Crippen molar-refractivity contribution < 1.29 is 9.59 Å². The van der Waals surface area contributed by atoms with E-state index in [-0.39, 0.29) is 17.7 Å². The fraction of sp³-hybridized carbons (Fsp3) is 0.600. The minimum absolute atomic E-state index is 0.0274. The third kappa shape index (κ3) is 4.97. The average molecular weight is 345 g/mol. The van der Waals surface area contributed by atoms with E-state index < -0.39 is 0 Å². The topological polar surface area (TPSA) is 52.7 Å². The zero-order valence-corrected chi connectivity index (χ0v) is 15.9. The van der Waals surface area contributed by atoms with Crippen LogP contribution >= 0.6 is 0 Å². The number of benzene rings is 1. The molecule has 25 heavy (non-hydrogen) atoms. The first-order chi connectivity index (χ1) is 12.0. The lowest BCUT2D eigenvalue weighted by molar-refractivity contribution is -0.136. The summed E-state index contributed by atoms with van der Waals surface area (Å²) in [5.41, 5.74) is 1.96. The fourth-order valence-corrected chi connectivity index (χ4v) is 3.12. The molecular weight excluding hydrogens is 314 g/mol. The van der Waals surface area contributed by atoms with Crippen LogP contribution in [0, 0.1) is 11.8 Å². The normalized spacial score (nSPS) is 15.0. The minimum Gasteiger partial charge on any atom is -0.368 e. The van der Waals surface area contributed by atoms with Crippen LogP contribution in [-0.4, -0.2) is 42.9 Å². The molecule has 138 valence electrons. The molecule has 2 amide bonds. The summed E-state index contributed by atoms with van der Waals surface area (Å²) in [5.74, 6) is 0.466. The van der Waals surface area contributed by atoms with Gasteiger partial charge in [0.15, 0.2) is 0 Å². The van der Waals surface area contributed by atoms with Crippen molar-refractivity contribution in [1.29, 1.82) is 0 Å². The van der Waals surface area contributed by atoms with Crippen molar-refractivity contribution >= 4 is 23.2 Å². The Morgan fingerprint density at radius 2 is 1.56 bits per heavy atom. The molecule has 0 unspecified atom stereocenters. The Hall–Kier alpha value is -2.04. The highest BCUT2D eigenvalue weighted by Gasteiger charge is 2.25. The molecule has 0 atom stereocenters. The number of carbonyl (C=O) groups is 2. The van der Waals surface area contributed by atoms with Gasteiger partial charge < -0.3 is 15.1 Å². The van der Waals surface area contributed by atoms with Gasteiger partial charge >= 0.3 is 0 Å². The van der Waals surface area contributed by atoms with Crippen molar-refractivity contribution in [2.75, 3.05) is 36.4 Å². The lowest BCUT2D eigenvalue weighted by Crippen LogP contribution is -2.50. The smallest absolute Gasteiger partial charge is 0.226 e. The van der Waals surface area contributed by atoms with Gasteiger partial charge in [-0.2, -0.15) is 0 Å². The SMILES string of the molecule is CCC(CC)C(=O)N1CCN(c2ccc(NC(=O)C(C)C)cc2)CC1. The summed E-state index contributed by atoms with van der Waals surface area (Å²) < 4.78 is 0. The number of hydrogen-bond acceptors (Lipinski definition) is 3. The van der Waals surface area contributed by atoms with E-state index in [2.05, 4.69) is 24.1 Å². The van der Waals surface area contributed by atoms with E-state index in [1.165, 1.54) is 0 Å². The van der Waals surface area contributed by atoms with Crippen LogP contribution in [0.4, 0.5) is 11.4 Å². The molecule has 5 heteroatoms. The molecule has 1 aromatic rings. The second-order valence-electron chi connectivity index (χ2n) is 7.02. The van der Waals surface area contributed by atoms with Crippen LogP contribution in [0.25, 0.3) is 0 Å².